The summed E-state index contributed by atoms with van der Waals surface area (Å²) < 4.78 is 51.0. The Balaban J connectivity index is 1.64. The number of fused-ring (bicyclic) bond motifs is 4. The summed E-state index contributed by atoms with van der Waals surface area (Å²) in [7, 11) is -3.48. The van der Waals surface area contributed by atoms with Crippen LogP contribution in [-0.2, 0) is 19.3 Å². The van der Waals surface area contributed by atoms with E-state index in [1.54, 1.807) is 6.20 Å². The number of halogens is 1. The molecule has 32 heavy (non-hydrogen) atoms. The van der Waals surface area contributed by atoms with E-state index in [0.717, 1.165) is 11.8 Å². The second-order valence-corrected chi connectivity index (χ2v) is 11.1. The Morgan fingerprint density at radius 2 is 2.09 bits per heavy atom. The van der Waals surface area contributed by atoms with Crippen molar-refractivity contribution < 1.29 is 22.3 Å². The molecular formula is C22H23FN4O4S. The van der Waals surface area contributed by atoms with E-state index in [1.165, 1.54) is 18.4 Å². The van der Waals surface area contributed by atoms with Crippen molar-refractivity contribution in [2.75, 3.05) is 37.5 Å². The van der Waals surface area contributed by atoms with Gasteiger partial charge in [0.1, 0.15) is 22.9 Å². The molecule has 1 aromatic carbocycles. The van der Waals surface area contributed by atoms with Crippen molar-refractivity contribution in [2.45, 2.75) is 30.1 Å². The Bertz CT molecular complexity index is 1340. The molecule has 0 amide bonds. The van der Waals surface area contributed by atoms with Crippen LogP contribution in [0.4, 0.5) is 10.2 Å². The minimum atomic E-state index is -3.48. The first kappa shape index (κ1) is 19.9. The van der Waals surface area contributed by atoms with E-state index >= 15 is 0 Å². The monoisotopic (exact) mass is 458 g/mol. The molecule has 2 aliphatic heterocycles. The van der Waals surface area contributed by atoms with Crippen molar-refractivity contribution in [3.8, 4) is 17.1 Å². The van der Waals surface area contributed by atoms with Crippen molar-refractivity contribution in [2.24, 2.45) is 0 Å². The maximum atomic E-state index is 14.4. The van der Waals surface area contributed by atoms with Gasteiger partial charge in [0.2, 0.25) is 0 Å². The number of anilines is 1. The summed E-state index contributed by atoms with van der Waals surface area (Å²) in [6.45, 7) is 2.05. The zero-order chi connectivity index (χ0) is 22.1. The van der Waals surface area contributed by atoms with E-state index in [9.17, 15) is 12.8 Å². The maximum absolute atomic E-state index is 14.4. The van der Waals surface area contributed by atoms with Gasteiger partial charge in [-0.25, -0.2) is 22.8 Å². The molecule has 1 saturated carbocycles. The van der Waals surface area contributed by atoms with Crippen LogP contribution in [0.15, 0.2) is 24.4 Å². The fourth-order valence-electron chi connectivity index (χ4n) is 5.04. The number of aromatic amines is 1. The Morgan fingerprint density at radius 1 is 1.25 bits per heavy atom. The van der Waals surface area contributed by atoms with Gasteiger partial charge in [-0.15, -0.1) is 0 Å². The van der Waals surface area contributed by atoms with E-state index in [2.05, 4.69) is 9.88 Å². The first-order chi connectivity index (χ1) is 15.4. The van der Waals surface area contributed by atoms with Crippen molar-refractivity contribution in [3.63, 3.8) is 0 Å². The summed E-state index contributed by atoms with van der Waals surface area (Å²) in [6, 6.07) is 4.65. The summed E-state index contributed by atoms with van der Waals surface area (Å²) in [5.74, 6) is 0.875. The van der Waals surface area contributed by atoms with E-state index in [1.807, 2.05) is 6.07 Å². The van der Waals surface area contributed by atoms with Crippen LogP contribution in [-0.4, -0.2) is 62.0 Å². The molecule has 1 saturated heterocycles. The quantitative estimate of drug-likeness (QED) is 0.645. The van der Waals surface area contributed by atoms with Crippen molar-refractivity contribution in [3.05, 3.63) is 35.9 Å². The molecule has 1 aliphatic carbocycles. The normalized spacial score (nSPS) is 22.1. The highest BCUT2D eigenvalue weighted by molar-refractivity contribution is 7.91. The van der Waals surface area contributed by atoms with E-state index in [-0.39, 0.29) is 6.04 Å². The van der Waals surface area contributed by atoms with Gasteiger partial charge >= 0.3 is 0 Å². The highest BCUT2D eigenvalue weighted by atomic mass is 32.2. The third kappa shape index (κ3) is 2.78. The van der Waals surface area contributed by atoms with Gasteiger partial charge in [0.05, 0.1) is 19.3 Å². The summed E-state index contributed by atoms with van der Waals surface area (Å²) in [6.07, 6.45) is 4.75. The Kier molecular flexibility index (Phi) is 4.29. The molecule has 0 unspecified atom stereocenters. The summed E-state index contributed by atoms with van der Waals surface area (Å²) >= 11 is 0. The lowest BCUT2D eigenvalue weighted by Gasteiger charge is -2.44. The molecule has 6 rings (SSSR count). The van der Waals surface area contributed by atoms with Crippen LogP contribution in [0.3, 0.4) is 0 Å². The van der Waals surface area contributed by atoms with E-state index < -0.39 is 20.4 Å². The molecule has 1 atom stereocenters. The molecule has 8 nitrogen and oxygen atoms in total. The van der Waals surface area contributed by atoms with E-state index in [0.29, 0.717) is 73.4 Å². The Hall–Kier alpha value is -2.72. The van der Waals surface area contributed by atoms with Crippen molar-refractivity contribution in [1.29, 1.82) is 0 Å². The minimum Gasteiger partial charge on any atom is -0.486 e. The molecule has 2 fully saturated rings. The number of nitrogens with one attached hydrogen (secondary N) is 1. The highest BCUT2D eigenvalue weighted by Gasteiger charge is 2.53. The zero-order valence-corrected chi connectivity index (χ0v) is 18.4. The predicted molar refractivity (Wildman–Crippen MR) is 117 cm³/mol. The number of ether oxygens (including phenoxy) is 2. The maximum Gasteiger partial charge on any atom is 0.185 e. The third-order valence-electron chi connectivity index (χ3n) is 6.94. The highest BCUT2D eigenvalue weighted by Crippen LogP contribution is 2.53. The average molecular weight is 459 g/mol. The molecule has 2 aromatic heterocycles. The summed E-state index contributed by atoms with van der Waals surface area (Å²) in [5.41, 5.74) is 1.54. The van der Waals surface area contributed by atoms with Crippen LogP contribution < -0.4 is 9.64 Å². The van der Waals surface area contributed by atoms with Crippen LogP contribution in [0.2, 0.25) is 0 Å². The molecular weight excluding hydrogens is 435 g/mol. The number of hydrogen-bond acceptors (Lipinski definition) is 7. The number of hydrogen-bond donors (Lipinski definition) is 1. The van der Waals surface area contributed by atoms with Gasteiger partial charge in [0.15, 0.2) is 27.2 Å². The Morgan fingerprint density at radius 3 is 2.84 bits per heavy atom. The number of morpholine rings is 1. The van der Waals surface area contributed by atoms with Gasteiger partial charge in [0.25, 0.3) is 0 Å². The molecule has 0 bridgehead atoms. The van der Waals surface area contributed by atoms with Crippen LogP contribution in [0.1, 0.15) is 25.0 Å². The number of sulfone groups is 1. The fraction of sp³-hybridized carbons (Fsp3) is 0.455. The van der Waals surface area contributed by atoms with Crippen LogP contribution >= 0.6 is 0 Å². The first-order valence-corrected chi connectivity index (χ1v) is 12.6. The molecule has 4 heterocycles. The molecule has 1 N–H and O–H groups in total. The lowest BCUT2D eigenvalue weighted by molar-refractivity contribution is 0.0688. The predicted octanol–water partition coefficient (Wildman–Crippen LogP) is 2.79. The van der Waals surface area contributed by atoms with Gasteiger partial charge in [-0.1, -0.05) is 0 Å². The molecule has 3 aromatic rings. The zero-order valence-electron chi connectivity index (χ0n) is 17.6. The van der Waals surface area contributed by atoms with Crippen LogP contribution in [0.25, 0.3) is 22.3 Å². The lowest BCUT2D eigenvalue weighted by atomic mass is 9.80. The molecule has 0 radical (unpaired) electrons. The summed E-state index contributed by atoms with van der Waals surface area (Å²) in [4.78, 5) is 14.7. The Labute approximate surface area is 184 Å². The van der Waals surface area contributed by atoms with Gasteiger partial charge < -0.3 is 19.4 Å². The SMILES string of the molecule is CS(=O)(=O)C1(c2nc(-c3cc(F)cc4[nH]ccc34)nc3c2OC[C@@H]2COCCN32)CCC1. The number of rotatable bonds is 3. The van der Waals surface area contributed by atoms with Crippen LogP contribution in [0.5, 0.6) is 5.75 Å². The average Bonchev–Trinajstić information content (AvgIpc) is 3.19. The van der Waals surface area contributed by atoms with E-state index in [4.69, 9.17) is 19.4 Å². The fourth-order valence-corrected chi connectivity index (χ4v) is 6.56. The third-order valence-corrected chi connectivity index (χ3v) is 8.97. The summed E-state index contributed by atoms with van der Waals surface area (Å²) in [5, 5.41) is 0.773. The van der Waals surface area contributed by atoms with Gasteiger partial charge in [-0.05, 0) is 37.5 Å². The van der Waals surface area contributed by atoms with Crippen LogP contribution in [0, 0.1) is 5.82 Å². The van der Waals surface area contributed by atoms with Gasteiger partial charge in [-0.3, -0.25) is 0 Å². The standard InChI is InChI=1S/C22H23FN4O4S/c1-32(28,29)22(4-2-5-22)19-18-21(27-7-8-30-11-14(27)12-31-18)26-20(25-19)16-9-13(23)10-17-15(16)3-6-24-17/h3,6,9-10,14,24H,2,4-5,7-8,11-12H2,1H3/t14-/m0/s1. The molecule has 3 aliphatic rings. The second-order valence-electron chi connectivity index (χ2n) is 8.79. The number of nitrogens with zero attached hydrogens (tertiary/aromatic N) is 3. The second kappa shape index (κ2) is 6.89. The number of benzene rings is 1. The van der Waals surface area contributed by atoms with Gasteiger partial charge in [0, 0.05) is 35.5 Å². The van der Waals surface area contributed by atoms with Gasteiger partial charge in [-0.2, -0.15) is 0 Å². The molecule has 168 valence electrons. The largest absolute Gasteiger partial charge is 0.486 e. The minimum absolute atomic E-state index is 0.0118. The molecule has 10 heteroatoms. The molecule has 0 spiro atoms. The number of aromatic nitrogens is 3. The topological polar surface area (TPSA) is 97.4 Å². The van der Waals surface area contributed by atoms with Crippen molar-refractivity contribution in [1.82, 2.24) is 15.0 Å². The lowest BCUT2D eigenvalue weighted by Crippen LogP contribution is -2.52. The first-order valence-electron chi connectivity index (χ1n) is 10.7. The number of H-pyrrole nitrogens is 1. The smallest absolute Gasteiger partial charge is 0.185 e. The van der Waals surface area contributed by atoms with Crippen molar-refractivity contribution >= 4 is 26.6 Å².